The highest BCUT2D eigenvalue weighted by Crippen LogP contribution is 2.23. The zero-order chi connectivity index (χ0) is 23.8. The molecule has 0 atom stereocenters. The second-order valence-electron chi connectivity index (χ2n) is 8.25. The highest BCUT2D eigenvalue weighted by Gasteiger charge is 2.18. The van der Waals surface area contributed by atoms with E-state index < -0.39 is 11.9 Å². The van der Waals surface area contributed by atoms with Crippen molar-refractivity contribution in [3.05, 3.63) is 64.5 Å². The lowest BCUT2D eigenvalue weighted by Gasteiger charge is -2.15. The number of aromatic nitrogens is 1. The summed E-state index contributed by atoms with van der Waals surface area (Å²) in [7, 11) is 0. The molecule has 7 heteroatoms. The van der Waals surface area contributed by atoms with Crippen molar-refractivity contribution in [2.75, 3.05) is 11.9 Å². The van der Waals surface area contributed by atoms with Gasteiger partial charge in [0.25, 0.3) is 0 Å². The SMILES string of the molecule is Cc1cc(C(=O)COC(=O)c2ccc(NC(=O)CC#N)cc2)c(C)n1CCC1=CCCCC1. The Hall–Kier alpha value is -3.66. The van der Waals surface area contributed by atoms with E-state index >= 15 is 0 Å². The number of hydrogen-bond acceptors (Lipinski definition) is 5. The number of carbonyl (C=O) groups is 3. The van der Waals surface area contributed by atoms with Crippen LogP contribution in [0.2, 0.25) is 0 Å². The summed E-state index contributed by atoms with van der Waals surface area (Å²) in [5, 5.41) is 11.1. The highest BCUT2D eigenvalue weighted by atomic mass is 16.5. The highest BCUT2D eigenvalue weighted by molar-refractivity contribution is 6.00. The Morgan fingerprint density at radius 2 is 1.91 bits per heavy atom. The Balaban J connectivity index is 1.55. The van der Waals surface area contributed by atoms with E-state index in [1.165, 1.54) is 30.5 Å². The molecule has 1 aliphatic carbocycles. The molecule has 0 bridgehead atoms. The fourth-order valence-corrected chi connectivity index (χ4v) is 4.07. The van der Waals surface area contributed by atoms with Gasteiger partial charge in [-0.15, -0.1) is 0 Å². The number of aryl methyl sites for hydroxylation is 1. The first kappa shape index (κ1) is 24.0. The normalized spacial score (nSPS) is 13.1. The van der Waals surface area contributed by atoms with Crippen LogP contribution in [0.15, 0.2) is 42.0 Å². The molecule has 1 N–H and O–H groups in total. The van der Waals surface area contributed by atoms with E-state index in [0.29, 0.717) is 11.3 Å². The van der Waals surface area contributed by atoms with E-state index in [0.717, 1.165) is 37.2 Å². The van der Waals surface area contributed by atoms with Crippen molar-refractivity contribution in [1.29, 1.82) is 5.26 Å². The van der Waals surface area contributed by atoms with Crippen LogP contribution in [-0.4, -0.2) is 28.8 Å². The molecular weight excluding hydrogens is 418 g/mol. The molecule has 3 rings (SSSR count). The molecule has 1 heterocycles. The summed E-state index contributed by atoms with van der Waals surface area (Å²) in [5.41, 5.74) is 4.72. The lowest BCUT2D eigenvalue weighted by molar-refractivity contribution is -0.115. The van der Waals surface area contributed by atoms with Gasteiger partial charge in [-0.3, -0.25) is 9.59 Å². The number of allylic oxidation sites excluding steroid dienone is 2. The minimum absolute atomic E-state index is 0.236. The van der Waals surface area contributed by atoms with E-state index in [9.17, 15) is 14.4 Å². The first-order valence-electron chi connectivity index (χ1n) is 11.2. The van der Waals surface area contributed by atoms with Gasteiger partial charge in [0.2, 0.25) is 11.7 Å². The lowest BCUT2D eigenvalue weighted by Crippen LogP contribution is -2.15. The van der Waals surface area contributed by atoms with Gasteiger partial charge in [0, 0.05) is 29.2 Å². The minimum Gasteiger partial charge on any atom is -0.454 e. The van der Waals surface area contributed by atoms with Crippen molar-refractivity contribution in [2.24, 2.45) is 0 Å². The number of esters is 1. The third kappa shape index (κ3) is 6.42. The number of benzene rings is 1. The van der Waals surface area contributed by atoms with Gasteiger partial charge >= 0.3 is 5.97 Å². The van der Waals surface area contributed by atoms with Crippen molar-refractivity contribution in [2.45, 2.75) is 58.9 Å². The number of nitrogens with zero attached hydrogens (tertiary/aromatic N) is 2. The topological polar surface area (TPSA) is 101 Å². The molecule has 1 aromatic heterocycles. The average molecular weight is 448 g/mol. The maximum atomic E-state index is 12.7. The standard InChI is InChI=1S/C26H29N3O4/c1-18-16-23(19(2)29(18)15-13-20-6-4-3-5-7-20)24(30)17-33-26(32)21-8-10-22(11-9-21)28-25(31)12-14-27/h6,8-11,16H,3-5,7,12-13,15,17H2,1-2H3,(H,28,31). The third-order valence-electron chi connectivity index (χ3n) is 5.89. The summed E-state index contributed by atoms with van der Waals surface area (Å²) in [6.45, 7) is 4.42. The van der Waals surface area contributed by atoms with E-state index in [1.54, 1.807) is 18.2 Å². The number of nitriles is 1. The van der Waals surface area contributed by atoms with Crippen molar-refractivity contribution in [3.8, 4) is 6.07 Å². The van der Waals surface area contributed by atoms with Gasteiger partial charge in [-0.1, -0.05) is 11.6 Å². The van der Waals surface area contributed by atoms with E-state index in [2.05, 4.69) is 16.0 Å². The lowest BCUT2D eigenvalue weighted by atomic mass is 9.97. The number of ether oxygens (including phenoxy) is 1. The molecule has 1 aliphatic rings. The molecular formula is C26H29N3O4. The summed E-state index contributed by atoms with van der Waals surface area (Å²) in [5.74, 6) is -1.28. The molecule has 0 fully saturated rings. The first-order chi connectivity index (χ1) is 15.9. The number of carbonyl (C=O) groups excluding carboxylic acids is 3. The van der Waals surface area contributed by atoms with Crippen molar-refractivity contribution >= 4 is 23.3 Å². The smallest absolute Gasteiger partial charge is 0.338 e. The van der Waals surface area contributed by atoms with Crippen LogP contribution in [0.25, 0.3) is 0 Å². The van der Waals surface area contributed by atoms with Crippen LogP contribution in [0.3, 0.4) is 0 Å². The second kappa shape index (κ2) is 11.3. The number of anilines is 1. The minimum atomic E-state index is -0.615. The number of amides is 1. The Bertz CT molecular complexity index is 1100. The Kier molecular flexibility index (Phi) is 8.20. The van der Waals surface area contributed by atoms with Crippen LogP contribution < -0.4 is 5.32 Å². The third-order valence-corrected chi connectivity index (χ3v) is 5.89. The van der Waals surface area contributed by atoms with E-state index in [-0.39, 0.29) is 24.4 Å². The van der Waals surface area contributed by atoms with Crippen molar-refractivity contribution < 1.29 is 19.1 Å². The zero-order valence-electron chi connectivity index (χ0n) is 19.1. The monoisotopic (exact) mass is 447 g/mol. The number of ketones is 1. The van der Waals surface area contributed by atoms with Crippen LogP contribution in [0, 0.1) is 25.2 Å². The largest absolute Gasteiger partial charge is 0.454 e. The molecule has 0 radical (unpaired) electrons. The first-order valence-corrected chi connectivity index (χ1v) is 11.2. The van der Waals surface area contributed by atoms with Gasteiger partial charge in [0.05, 0.1) is 11.6 Å². The molecule has 0 spiro atoms. The molecule has 1 amide bonds. The van der Waals surface area contributed by atoms with Gasteiger partial charge in [0.15, 0.2) is 6.61 Å². The van der Waals surface area contributed by atoms with Gasteiger partial charge in [0.1, 0.15) is 6.42 Å². The van der Waals surface area contributed by atoms with E-state index in [1.807, 2.05) is 19.9 Å². The van der Waals surface area contributed by atoms with Crippen LogP contribution in [0.5, 0.6) is 0 Å². The van der Waals surface area contributed by atoms with Crippen LogP contribution in [-0.2, 0) is 16.1 Å². The summed E-state index contributed by atoms with van der Waals surface area (Å²) in [6, 6.07) is 9.72. The number of rotatable bonds is 9. The maximum absolute atomic E-state index is 12.7. The van der Waals surface area contributed by atoms with Crippen molar-refractivity contribution in [3.63, 3.8) is 0 Å². The maximum Gasteiger partial charge on any atom is 0.338 e. The fraction of sp³-hybridized carbons (Fsp3) is 0.385. The van der Waals surface area contributed by atoms with Crippen LogP contribution in [0.4, 0.5) is 5.69 Å². The molecule has 33 heavy (non-hydrogen) atoms. The molecule has 2 aromatic rings. The number of hydrogen-bond donors (Lipinski definition) is 1. The number of Topliss-reactive ketones (excluding diaryl/α,β-unsaturated/α-hetero) is 1. The molecule has 0 saturated heterocycles. The Morgan fingerprint density at radius 1 is 1.15 bits per heavy atom. The predicted octanol–water partition coefficient (Wildman–Crippen LogP) is 4.89. The second-order valence-corrected chi connectivity index (χ2v) is 8.25. The molecule has 7 nitrogen and oxygen atoms in total. The summed E-state index contributed by atoms with van der Waals surface area (Å²) in [4.78, 5) is 36.5. The predicted molar refractivity (Wildman–Crippen MR) is 125 cm³/mol. The average Bonchev–Trinajstić information content (AvgIpc) is 3.10. The van der Waals surface area contributed by atoms with Gasteiger partial charge < -0.3 is 14.6 Å². The van der Waals surface area contributed by atoms with Crippen LogP contribution >= 0.6 is 0 Å². The zero-order valence-corrected chi connectivity index (χ0v) is 19.1. The van der Waals surface area contributed by atoms with Crippen molar-refractivity contribution in [1.82, 2.24) is 4.57 Å². The molecule has 1 aromatic carbocycles. The van der Waals surface area contributed by atoms with E-state index in [4.69, 9.17) is 10.00 Å². The Labute approximate surface area is 194 Å². The molecule has 0 aliphatic heterocycles. The number of nitrogens with one attached hydrogen (secondary N) is 1. The molecule has 172 valence electrons. The molecule has 0 unspecified atom stereocenters. The van der Waals surface area contributed by atoms with Gasteiger partial charge in [-0.2, -0.15) is 5.26 Å². The summed E-state index contributed by atoms with van der Waals surface area (Å²) < 4.78 is 7.38. The Morgan fingerprint density at radius 3 is 2.58 bits per heavy atom. The van der Waals surface area contributed by atoms with Gasteiger partial charge in [-0.05, 0) is 76.3 Å². The molecule has 0 saturated carbocycles. The summed E-state index contributed by atoms with van der Waals surface area (Å²) in [6.07, 6.45) is 7.93. The fourth-order valence-electron chi connectivity index (χ4n) is 4.07. The summed E-state index contributed by atoms with van der Waals surface area (Å²) >= 11 is 0. The van der Waals surface area contributed by atoms with Gasteiger partial charge in [-0.25, -0.2) is 4.79 Å². The quantitative estimate of drug-likeness (QED) is 0.335. The van der Waals surface area contributed by atoms with Crippen LogP contribution in [0.1, 0.15) is 70.6 Å².